The van der Waals surface area contributed by atoms with Gasteiger partial charge in [0.15, 0.2) is 0 Å². The molecule has 1 aromatic heterocycles. The van der Waals surface area contributed by atoms with Gasteiger partial charge in [0, 0.05) is 30.6 Å². The maximum atomic E-state index is 13.9. The van der Waals surface area contributed by atoms with Crippen LogP contribution >= 0.6 is 11.6 Å². The van der Waals surface area contributed by atoms with Gasteiger partial charge in [-0.05, 0) is 29.3 Å². The standard InChI is InChI=1S/C12H11ClFN3O/c1-7-15-12(16-18-7)17-3-2-8-4-9(13)5-11(14)10(8)6-17/h4-5H,2-3,6H2,1H3. The summed E-state index contributed by atoms with van der Waals surface area (Å²) in [5, 5.41) is 4.29. The summed E-state index contributed by atoms with van der Waals surface area (Å²) in [6.45, 7) is 2.90. The van der Waals surface area contributed by atoms with Crippen LogP contribution in [0.25, 0.3) is 0 Å². The first kappa shape index (κ1) is 11.5. The Balaban J connectivity index is 1.93. The summed E-state index contributed by atoms with van der Waals surface area (Å²) in [6.07, 6.45) is 0.723. The number of benzene rings is 1. The third-order valence-corrected chi connectivity index (χ3v) is 3.27. The van der Waals surface area contributed by atoms with Crippen molar-refractivity contribution >= 4 is 17.5 Å². The van der Waals surface area contributed by atoms with Gasteiger partial charge in [0.05, 0.1) is 0 Å². The molecule has 18 heavy (non-hydrogen) atoms. The molecule has 0 amide bonds. The van der Waals surface area contributed by atoms with E-state index >= 15 is 0 Å². The molecule has 1 aliphatic heterocycles. The van der Waals surface area contributed by atoms with E-state index in [4.69, 9.17) is 16.1 Å². The van der Waals surface area contributed by atoms with Crippen molar-refractivity contribution in [2.75, 3.05) is 11.4 Å². The molecule has 2 heterocycles. The number of hydrogen-bond acceptors (Lipinski definition) is 4. The number of aryl methyl sites for hydroxylation is 1. The van der Waals surface area contributed by atoms with Crippen LogP contribution in [0.15, 0.2) is 16.7 Å². The van der Waals surface area contributed by atoms with Gasteiger partial charge in [0.2, 0.25) is 5.89 Å². The molecular weight excluding hydrogens is 257 g/mol. The highest BCUT2D eigenvalue weighted by Gasteiger charge is 2.23. The number of aromatic nitrogens is 2. The Bertz CT molecular complexity index is 599. The zero-order valence-corrected chi connectivity index (χ0v) is 10.5. The Morgan fingerprint density at radius 3 is 3.00 bits per heavy atom. The first-order valence-electron chi connectivity index (χ1n) is 5.65. The van der Waals surface area contributed by atoms with Crippen LogP contribution in [0, 0.1) is 12.7 Å². The van der Waals surface area contributed by atoms with E-state index in [1.807, 2.05) is 11.0 Å². The molecule has 0 atom stereocenters. The van der Waals surface area contributed by atoms with Crippen LogP contribution in [0.5, 0.6) is 0 Å². The normalized spacial score (nSPS) is 14.7. The van der Waals surface area contributed by atoms with E-state index in [0.29, 0.717) is 29.0 Å². The van der Waals surface area contributed by atoms with Crippen molar-refractivity contribution in [1.29, 1.82) is 0 Å². The molecule has 4 nitrogen and oxygen atoms in total. The fraction of sp³-hybridized carbons (Fsp3) is 0.333. The fourth-order valence-corrected chi connectivity index (χ4v) is 2.40. The minimum atomic E-state index is -0.276. The Morgan fingerprint density at radius 1 is 1.44 bits per heavy atom. The predicted molar refractivity (Wildman–Crippen MR) is 65.2 cm³/mol. The summed E-state index contributed by atoms with van der Waals surface area (Å²) < 4.78 is 18.8. The predicted octanol–water partition coefficient (Wildman–Crippen LogP) is 2.73. The Hall–Kier alpha value is -1.62. The lowest BCUT2D eigenvalue weighted by atomic mass is 9.99. The number of anilines is 1. The molecule has 0 saturated carbocycles. The van der Waals surface area contributed by atoms with Crippen LogP contribution in [0.2, 0.25) is 5.02 Å². The van der Waals surface area contributed by atoms with Crippen molar-refractivity contribution in [1.82, 2.24) is 10.1 Å². The fourth-order valence-electron chi connectivity index (χ4n) is 2.17. The van der Waals surface area contributed by atoms with Gasteiger partial charge in [0.1, 0.15) is 5.82 Å². The molecule has 0 N–H and O–H groups in total. The molecule has 0 saturated heterocycles. The zero-order valence-electron chi connectivity index (χ0n) is 9.78. The first-order chi connectivity index (χ1) is 8.63. The molecule has 0 unspecified atom stereocenters. The number of nitrogens with zero attached hydrogens (tertiary/aromatic N) is 3. The SMILES string of the molecule is Cc1nc(N2CCc3cc(Cl)cc(F)c3C2)no1. The van der Waals surface area contributed by atoms with Crippen molar-refractivity contribution in [3.05, 3.63) is 40.0 Å². The van der Waals surface area contributed by atoms with E-state index < -0.39 is 0 Å². The Morgan fingerprint density at radius 2 is 2.28 bits per heavy atom. The lowest BCUT2D eigenvalue weighted by Crippen LogP contribution is -2.31. The second-order valence-corrected chi connectivity index (χ2v) is 4.75. The maximum Gasteiger partial charge on any atom is 0.266 e. The summed E-state index contributed by atoms with van der Waals surface area (Å²) in [5.41, 5.74) is 1.62. The van der Waals surface area contributed by atoms with E-state index in [2.05, 4.69) is 10.1 Å². The van der Waals surface area contributed by atoms with Gasteiger partial charge in [-0.2, -0.15) is 4.98 Å². The molecule has 2 aromatic rings. The lowest BCUT2D eigenvalue weighted by molar-refractivity contribution is 0.391. The van der Waals surface area contributed by atoms with Crippen molar-refractivity contribution in [3.63, 3.8) is 0 Å². The van der Waals surface area contributed by atoms with Gasteiger partial charge in [-0.15, -0.1) is 0 Å². The zero-order chi connectivity index (χ0) is 12.7. The molecule has 1 aromatic carbocycles. The van der Waals surface area contributed by atoms with Crippen LogP contribution in [-0.4, -0.2) is 16.7 Å². The topological polar surface area (TPSA) is 42.2 Å². The summed E-state index contributed by atoms with van der Waals surface area (Å²) in [5.74, 6) is 0.738. The second-order valence-electron chi connectivity index (χ2n) is 4.31. The van der Waals surface area contributed by atoms with Crippen molar-refractivity contribution in [2.45, 2.75) is 19.9 Å². The molecule has 6 heteroatoms. The molecular formula is C12H11ClFN3O. The Kier molecular flexibility index (Phi) is 2.70. The van der Waals surface area contributed by atoms with E-state index in [-0.39, 0.29) is 5.82 Å². The van der Waals surface area contributed by atoms with Gasteiger partial charge in [0.25, 0.3) is 5.95 Å². The summed E-state index contributed by atoms with van der Waals surface area (Å²) in [4.78, 5) is 6.05. The van der Waals surface area contributed by atoms with Gasteiger partial charge in [-0.3, -0.25) is 0 Å². The third kappa shape index (κ3) is 1.95. The summed E-state index contributed by atoms with van der Waals surface area (Å²) in [7, 11) is 0. The summed E-state index contributed by atoms with van der Waals surface area (Å²) in [6, 6.07) is 3.16. The van der Waals surface area contributed by atoms with Gasteiger partial charge in [-0.25, -0.2) is 4.39 Å². The van der Waals surface area contributed by atoms with E-state index in [1.165, 1.54) is 6.07 Å². The summed E-state index contributed by atoms with van der Waals surface area (Å²) >= 11 is 5.85. The smallest absolute Gasteiger partial charge is 0.266 e. The molecule has 0 radical (unpaired) electrons. The average Bonchev–Trinajstić information content (AvgIpc) is 2.75. The van der Waals surface area contributed by atoms with E-state index in [0.717, 1.165) is 18.5 Å². The van der Waals surface area contributed by atoms with Crippen LogP contribution in [0.4, 0.5) is 10.3 Å². The number of rotatable bonds is 1. The van der Waals surface area contributed by atoms with Gasteiger partial charge < -0.3 is 9.42 Å². The van der Waals surface area contributed by atoms with Crippen molar-refractivity contribution in [2.24, 2.45) is 0 Å². The molecule has 3 rings (SSSR count). The molecule has 94 valence electrons. The molecule has 0 bridgehead atoms. The lowest BCUT2D eigenvalue weighted by Gasteiger charge is -2.27. The van der Waals surface area contributed by atoms with Crippen LogP contribution < -0.4 is 4.90 Å². The number of halogens is 2. The monoisotopic (exact) mass is 267 g/mol. The van der Waals surface area contributed by atoms with E-state index in [9.17, 15) is 4.39 Å². The van der Waals surface area contributed by atoms with Gasteiger partial charge >= 0.3 is 0 Å². The first-order valence-corrected chi connectivity index (χ1v) is 6.03. The largest absolute Gasteiger partial charge is 0.338 e. The van der Waals surface area contributed by atoms with Gasteiger partial charge in [-0.1, -0.05) is 11.6 Å². The van der Waals surface area contributed by atoms with Crippen molar-refractivity contribution in [3.8, 4) is 0 Å². The highest BCUT2D eigenvalue weighted by molar-refractivity contribution is 6.30. The maximum absolute atomic E-state index is 13.9. The van der Waals surface area contributed by atoms with Crippen LogP contribution in [-0.2, 0) is 13.0 Å². The molecule has 0 spiro atoms. The molecule has 0 aliphatic carbocycles. The van der Waals surface area contributed by atoms with E-state index in [1.54, 1.807) is 6.92 Å². The quantitative estimate of drug-likeness (QED) is 0.797. The molecule has 0 fully saturated rings. The highest BCUT2D eigenvalue weighted by atomic mass is 35.5. The third-order valence-electron chi connectivity index (χ3n) is 3.05. The Labute approximate surface area is 108 Å². The van der Waals surface area contributed by atoms with Crippen LogP contribution in [0.1, 0.15) is 17.0 Å². The number of fused-ring (bicyclic) bond motifs is 1. The average molecular weight is 268 g/mol. The van der Waals surface area contributed by atoms with Crippen molar-refractivity contribution < 1.29 is 8.91 Å². The molecule has 1 aliphatic rings. The second kappa shape index (κ2) is 4.24. The minimum Gasteiger partial charge on any atom is -0.338 e. The number of hydrogen-bond donors (Lipinski definition) is 0. The minimum absolute atomic E-state index is 0.276. The van der Waals surface area contributed by atoms with Crippen LogP contribution in [0.3, 0.4) is 0 Å². The highest BCUT2D eigenvalue weighted by Crippen LogP contribution is 2.27.